The summed E-state index contributed by atoms with van der Waals surface area (Å²) in [6.45, 7) is 7.32. The summed E-state index contributed by atoms with van der Waals surface area (Å²) in [6, 6.07) is 0. The lowest BCUT2D eigenvalue weighted by Gasteiger charge is -2.19. The molecule has 4 heteroatoms. The summed E-state index contributed by atoms with van der Waals surface area (Å²) in [5, 5.41) is 9.07. The van der Waals surface area contributed by atoms with E-state index in [1.165, 1.54) is 0 Å². The minimum atomic E-state index is -0.431. The summed E-state index contributed by atoms with van der Waals surface area (Å²) in [5.74, 6) is 0.249. The number of rotatable bonds is 4. The number of aliphatic hydroxyl groups is 1. The molecular formula is C11H21NO3. The Kier molecular flexibility index (Phi) is 4.54. The molecule has 1 fully saturated rings. The molecule has 15 heavy (non-hydrogen) atoms. The third-order valence-electron chi connectivity index (χ3n) is 2.52. The molecule has 1 N–H and O–H groups in total. The van der Waals surface area contributed by atoms with E-state index in [0.717, 1.165) is 13.0 Å². The van der Waals surface area contributed by atoms with Crippen LogP contribution in [0.2, 0.25) is 0 Å². The van der Waals surface area contributed by atoms with E-state index in [4.69, 9.17) is 9.84 Å². The standard InChI is InChI=1S/C11H21NO3/c1-8(2)11(14)12-5-4-10(6-12)15-7-9(3)13/h8-10,13H,4-7H2,1-3H3. The maximum Gasteiger partial charge on any atom is 0.225 e. The first-order valence-electron chi connectivity index (χ1n) is 5.59. The highest BCUT2D eigenvalue weighted by atomic mass is 16.5. The quantitative estimate of drug-likeness (QED) is 0.748. The van der Waals surface area contributed by atoms with Gasteiger partial charge < -0.3 is 14.7 Å². The van der Waals surface area contributed by atoms with Gasteiger partial charge in [0.25, 0.3) is 0 Å². The van der Waals surface area contributed by atoms with Gasteiger partial charge in [-0.2, -0.15) is 0 Å². The predicted octanol–water partition coefficient (Wildman–Crippen LogP) is 0.641. The minimum absolute atomic E-state index is 0.0560. The van der Waals surface area contributed by atoms with Gasteiger partial charge in [-0.05, 0) is 13.3 Å². The SMILES string of the molecule is CC(O)COC1CCN(C(=O)C(C)C)C1. The number of ether oxygens (including phenoxy) is 1. The zero-order valence-corrected chi connectivity index (χ0v) is 9.77. The first-order valence-corrected chi connectivity index (χ1v) is 5.59. The molecule has 1 heterocycles. The summed E-state index contributed by atoms with van der Waals surface area (Å²) in [5.41, 5.74) is 0. The van der Waals surface area contributed by atoms with Crippen molar-refractivity contribution in [3.63, 3.8) is 0 Å². The fourth-order valence-electron chi connectivity index (χ4n) is 1.70. The second kappa shape index (κ2) is 5.47. The van der Waals surface area contributed by atoms with Crippen LogP contribution in [0.4, 0.5) is 0 Å². The van der Waals surface area contributed by atoms with Crippen molar-refractivity contribution >= 4 is 5.91 Å². The van der Waals surface area contributed by atoms with Crippen molar-refractivity contribution in [3.05, 3.63) is 0 Å². The first-order chi connectivity index (χ1) is 7.00. The van der Waals surface area contributed by atoms with Crippen LogP contribution < -0.4 is 0 Å². The van der Waals surface area contributed by atoms with Gasteiger partial charge in [0, 0.05) is 19.0 Å². The highest BCUT2D eigenvalue weighted by Gasteiger charge is 2.27. The molecule has 0 saturated carbocycles. The maximum atomic E-state index is 11.6. The molecule has 0 aromatic heterocycles. The van der Waals surface area contributed by atoms with Crippen LogP contribution in [-0.4, -0.2) is 47.8 Å². The summed E-state index contributed by atoms with van der Waals surface area (Å²) < 4.78 is 5.48. The Morgan fingerprint density at radius 1 is 1.53 bits per heavy atom. The number of carbonyl (C=O) groups excluding carboxylic acids is 1. The van der Waals surface area contributed by atoms with E-state index in [1.54, 1.807) is 6.92 Å². The number of hydrogen-bond acceptors (Lipinski definition) is 3. The number of carbonyl (C=O) groups is 1. The molecule has 4 nitrogen and oxygen atoms in total. The predicted molar refractivity (Wildman–Crippen MR) is 57.5 cm³/mol. The van der Waals surface area contributed by atoms with Gasteiger partial charge in [-0.3, -0.25) is 4.79 Å². The van der Waals surface area contributed by atoms with Crippen molar-refractivity contribution in [2.75, 3.05) is 19.7 Å². The smallest absolute Gasteiger partial charge is 0.225 e. The fraction of sp³-hybridized carbons (Fsp3) is 0.909. The molecule has 2 unspecified atom stereocenters. The van der Waals surface area contributed by atoms with Gasteiger partial charge in [0.2, 0.25) is 5.91 Å². The zero-order valence-electron chi connectivity index (χ0n) is 9.77. The lowest BCUT2D eigenvalue weighted by molar-refractivity contribution is -0.133. The van der Waals surface area contributed by atoms with E-state index < -0.39 is 6.10 Å². The molecule has 1 amide bonds. The van der Waals surface area contributed by atoms with E-state index in [2.05, 4.69) is 0 Å². The van der Waals surface area contributed by atoms with Crippen molar-refractivity contribution in [1.29, 1.82) is 0 Å². The molecule has 1 rings (SSSR count). The molecular weight excluding hydrogens is 194 g/mol. The highest BCUT2D eigenvalue weighted by Crippen LogP contribution is 2.15. The summed E-state index contributed by atoms with van der Waals surface area (Å²) in [7, 11) is 0. The Balaban J connectivity index is 2.29. The average molecular weight is 215 g/mol. The van der Waals surface area contributed by atoms with Crippen molar-refractivity contribution in [3.8, 4) is 0 Å². The molecule has 1 saturated heterocycles. The van der Waals surface area contributed by atoms with Crippen LogP contribution in [-0.2, 0) is 9.53 Å². The van der Waals surface area contributed by atoms with Crippen LogP contribution in [0.3, 0.4) is 0 Å². The number of amides is 1. The van der Waals surface area contributed by atoms with E-state index in [9.17, 15) is 4.79 Å². The van der Waals surface area contributed by atoms with Crippen LogP contribution in [0.25, 0.3) is 0 Å². The molecule has 0 spiro atoms. The van der Waals surface area contributed by atoms with Crippen LogP contribution >= 0.6 is 0 Å². The normalized spacial score (nSPS) is 23.5. The van der Waals surface area contributed by atoms with Crippen LogP contribution in [0, 0.1) is 5.92 Å². The summed E-state index contributed by atoms with van der Waals surface area (Å²) in [4.78, 5) is 13.5. The number of likely N-dealkylation sites (tertiary alicyclic amines) is 1. The lowest BCUT2D eigenvalue weighted by Crippen LogP contribution is -2.33. The van der Waals surface area contributed by atoms with Crippen LogP contribution in [0.5, 0.6) is 0 Å². The van der Waals surface area contributed by atoms with Crippen molar-refractivity contribution in [2.45, 2.75) is 39.4 Å². The number of aliphatic hydroxyl groups excluding tert-OH is 1. The maximum absolute atomic E-state index is 11.6. The second-order valence-corrected chi connectivity index (χ2v) is 4.53. The third-order valence-corrected chi connectivity index (χ3v) is 2.52. The highest BCUT2D eigenvalue weighted by molar-refractivity contribution is 5.78. The topological polar surface area (TPSA) is 49.8 Å². The van der Waals surface area contributed by atoms with Crippen LogP contribution in [0.15, 0.2) is 0 Å². The van der Waals surface area contributed by atoms with Gasteiger partial charge in [0.05, 0.1) is 18.8 Å². The Bertz CT molecular complexity index is 216. The molecule has 0 bridgehead atoms. The average Bonchev–Trinajstić information content (AvgIpc) is 2.61. The van der Waals surface area contributed by atoms with Gasteiger partial charge in [0.15, 0.2) is 0 Å². The summed E-state index contributed by atoms with van der Waals surface area (Å²) >= 11 is 0. The molecule has 0 aromatic rings. The molecule has 0 aromatic carbocycles. The van der Waals surface area contributed by atoms with Crippen molar-refractivity contribution < 1.29 is 14.6 Å². The molecule has 88 valence electrons. The molecule has 1 aliphatic heterocycles. The van der Waals surface area contributed by atoms with Gasteiger partial charge >= 0.3 is 0 Å². The van der Waals surface area contributed by atoms with E-state index in [-0.39, 0.29) is 17.9 Å². The van der Waals surface area contributed by atoms with Gasteiger partial charge in [-0.1, -0.05) is 13.8 Å². The van der Waals surface area contributed by atoms with E-state index in [1.807, 2.05) is 18.7 Å². The molecule has 0 aliphatic carbocycles. The summed E-state index contributed by atoms with van der Waals surface area (Å²) in [6.07, 6.45) is 0.549. The van der Waals surface area contributed by atoms with Crippen molar-refractivity contribution in [1.82, 2.24) is 4.90 Å². The van der Waals surface area contributed by atoms with E-state index >= 15 is 0 Å². The van der Waals surface area contributed by atoms with Gasteiger partial charge in [-0.25, -0.2) is 0 Å². The molecule has 1 aliphatic rings. The lowest BCUT2D eigenvalue weighted by atomic mass is 10.2. The Morgan fingerprint density at radius 3 is 2.73 bits per heavy atom. The second-order valence-electron chi connectivity index (χ2n) is 4.53. The van der Waals surface area contributed by atoms with Gasteiger partial charge in [0.1, 0.15) is 0 Å². The first kappa shape index (κ1) is 12.5. The van der Waals surface area contributed by atoms with Crippen LogP contribution in [0.1, 0.15) is 27.2 Å². The number of nitrogens with zero attached hydrogens (tertiary/aromatic N) is 1. The minimum Gasteiger partial charge on any atom is -0.391 e. The van der Waals surface area contributed by atoms with Crippen molar-refractivity contribution in [2.24, 2.45) is 5.92 Å². The largest absolute Gasteiger partial charge is 0.391 e. The molecule has 2 atom stereocenters. The monoisotopic (exact) mass is 215 g/mol. The number of hydrogen-bond donors (Lipinski definition) is 1. The van der Waals surface area contributed by atoms with Gasteiger partial charge in [-0.15, -0.1) is 0 Å². The Hall–Kier alpha value is -0.610. The molecule has 0 radical (unpaired) electrons. The zero-order chi connectivity index (χ0) is 11.4. The fourth-order valence-corrected chi connectivity index (χ4v) is 1.70. The Morgan fingerprint density at radius 2 is 2.20 bits per heavy atom. The van der Waals surface area contributed by atoms with E-state index in [0.29, 0.717) is 13.2 Å². The Labute approximate surface area is 91.2 Å². The third kappa shape index (κ3) is 3.80.